The van der Waals surface area contributed by atoms with E-state index in [0.717, 1.165) is 75.6 Å². The molecule has 0 saturated carbocycles. The van der Waals surface area contributed by atoms with Gasteiger partial charge < -0.3 is 25.8 Å². The number of carbonyl (C=O) groups is 1. The number of piperazine rings is 1. The van der Waals surface area contributed by atoms with Crippen molar-refractivity contribution in [2.45, 2.75) is 49.6 Å². The monoisotopic (exact) mass is 642 g/mol. The number of amides is 1. The van der Waals surface area contributed by atoms with Gasteiger partial charge in [-0.2, -0.15) is 9.40 Å². The molecule has 242 valence electrons. The molecule has 4 N–H and O–H groups in total. The molecule has 14 heteroatoms. The van der Waals surface area contributed by atoms with Crippen LogP contribution < -0.4 is 20.9 Å². The molecule has 0 radical (unpaired) electrons. The number of fused-ring (bicyclic) bond motifs is 1. The predicted octanol–water partition coefficient (Wildman–Crippen LogP) is 3.34. The molecule has 0 aliphatic carbocycles. The highest BCUT2D eigenvalue weighted by molar-refractivity contribution is 7.89. The fraction of sp³-hybridized carbons (Fsp3) is 0.484. The van der Waals surface area contributed by atoms with E-state index in [0.29, 0.717) is 22.9 Å². The number of nitrogens with zero attached hydrogens (tertiary/aromatic N) is 4. The minimum Gasteiger partial charge on any atom is -0.382 e. The van der Waals surface area contributed by atoms with Crippen LogP contribution in [0.25, 0.3) is 0 Å². The molecule has 0 spiro atoms. The maximum atomic E-state index is 14.0. The number of H-pyrrole nitrogens is 1. The van der Waals surface area contributed by atoms with Gasteiger partial charge in [-0.05, 0) is 63.3 Å². The standard InChI is InChI=1S/C31H40F2N8O3S/c1-31(2)19-41(45(43,44)24-15-20(32)14-21(33)16-24)18-26-28(31)37-38-29(26)36-30(42)25-5-4-23(40-12-10-39(3)11-13-40)17-27(25)35-22-6-8-34-9-7-22/h4-5,14-17,22,34-35H,6-13,18-19H2,1-3H3,(H2,36,37,38,42). The Balaban J connectivity index is 1.28. The Labute approximate surface area is 262 Å². The number of benzene rings is 2. The Hall–Kier alpha value is -3.59. The summed E-state index contributed by atoms with van der Waals surface area (Å²) < 4.78 is 56.2. The summed E-state index contributed by atoms with van der Waals surface area (Å²) in [7, 11) is -2.15. The van der Waals surface area contributed by atoms with Gasteiger partial charge in [0.1, 0.15) is 11.6 Å². The lowest BCUT2D eigenvalue weighted by Crippen LogP contribution is -2.45. The summed E-state index contributed by atoms with van der Waals surface area (Å²) in [6.07, 6.45) is 1.86. The first kappa shape index (κ1) is 31.4. The number of likely N-dealkylation sites (N-methyl/N-ethyl adjacent to an activating group) is 1. The topological polar surface area (TPSA) is 126 Å². The zero-order chi connectivity index (χ0) is 31.9. The second-order valence-electron chi connectivity index (χ2n) is 12.8. The maximum absolute atomic E-state index is 14.0. The van der Waals surface area contributed by atoms with Gasteiger partial charge in [0.25, 0.3) is 5.91 Å². The SMILES string of the molecule is CN1CCN(c2ccc(C(=O)Nc3n[nH]c4c3CN(S(=O)(=O)c3cc(F)cc(F)c3)CC4(C)C)c(NC3CCNCC3)c2)CC1. The van der Waals surface area contributed by atoms with Crippen LogP contribution in [0.3, 0.4) is 0 Å². The van der Waals surface area contributed by atoms with E-state index in [1.807, 2.05) is 32.0 Å². The van der Waals surface area contributed by atoms with Crippen LogP contribution in [0.5, 0.6) is 0 Å². The Morgan fingerprint density at radius 2 is 1.71 bits per heavy atom. The molecule has 1 amide bonds. The van der Waals surface area contributed by atoms with E-state index in [1.54, 1.807) is 0 Å². The van der Waals surface area contributed by atoms with Crippen LogP contribution in [-0.4, -0.2) is 92.6 Å². The van der Waals surface area contributed by atoms with Gasteiger partial charge in [-0.15, -0.1) is 0 Å². The smallest absolute Gasteiger partial charge is 0.258 e. The second-order valence-corrected chi connectivity index (χ2v) is 14.8. The molecule has 0 atom stereocenters. The number of hydrogen-bond acceptors (Lipinski definition) is 8. The van der Waals surface area contributed by atoms with Gasteiger partial charge in [-0.25, -0.2) is 17.2 Å². The predicted molar refractivity (Wildman–Crippen MR) is 169 cm³/mol. The van der Waals surface area contributed by atoms with Crippen molar-refractivity contribution in [3.8, 4) is 0 Å². The largest absolute Gasteiger partial charge is 0.382 e. The van der Waals surface area contributed by atoms with E-state index in [-0.39, 0.29) is 30.9 Å². The molecule has 0 unspecified atom stereocenters. The number of carbonyl (C=O) groups excluding carboxylic acids is 1. The number of halogens is 2. The van der Waals surface area contributed by atoms with Crippen molar-refractivity contribution in [1.29, 1.82) is 0 Å². The molecule has 3 aliphatic heterocycles. The fourth-order valence-corrected chi connectivity index (χ4v) is 8.02. The fourth-order valence-electron chi connectivity index (χ4n) is 6.40. The van der Waals surface area contributed by atoms with Crippen LogP contribution in [0.1, 0.15) is 48.3 Å². The molecule has 45 heavy (non-hydrogen) atoms. The molecular weight excluding hydrogens is 602 g/mol. The number of aromatic amines is 1. The van der Waals surface area contributed by atoms with Gasteiger partial charge in [-0.1, -0.05) is 13.8 Å². The van der Waals surface area contributed by atoms with E-state index >= 15 is 0 Å². The maximum Gasteiger partial charge on any atom is 0.258 e. The third kappa shape index (κ3) is 6.55. The summed E-state index contributed by atoms with van der Waals surface area (Å²) in [4.78, 5) is 18.0. The molecule has 4 heterocycles. The first-order valence-electron chi connectivity index (χ1n) is 15.3. The second kappa shape index (κ2) is 12.3. The van der Waals surface area contributed by atoms with Crippen molar-refractivity contribution in [3.05, 3.63) is 64.9 Å². The number of anilines is 3. The molecule has 6 rings (SSSR count). The van der Waals surface area contributed by atoms with Gasteiger partial charge in [0, 0.05) is 79.4 Å². The lowest BCUT2D eigenvalue weighted by Gasteiger charge is -2.37. The van der Waals surface area contributed by atoms with Crippen LogP contribution in [0.2, 0.25) is 0 Å². The number of aromatic nitrogens is 2. The molecular formula is C31H40F2N8O3S. The lowest BCUT2D eigenvalue weighted by atomic mass is 9.84. The van der Waals surface area contributed by atoms with E-state index < -0.39 is 32.0 Å². The Morgan fingerprint density at radius 1 is 1.02 bits per heavy atom. The summed E-state index contributed by atoms with van der Waals surface area (Å²) in [5.41, 5.74) is 2.70. The molecule has 2 saturated heterocycles. The van der Waals surface area contributed by atoms with Crippen molar-refractivity contribution in [2.24, 2.45) is 0 Å². The summed E-state index contributed by atoms with van der Waals surface area (Å²) in [6.45, 7) is 9.12. The number of piperidine rings is 1. The summed E-state index contributed by atoms with van der Waals surface area (Å²) >= 11 is 0. The van der Waals surface area contributed by atoms with E-state index in [1.165, 1.54) is 4.31 Å². The van der Waals surface area contributed by atoms with Crippen molar-refractivity contribution in [2.75, 3.05) is 68.4 Å². The molecule has 11 nitrogen and oxygen atoms in total. The third-order valence-electron chi connectivity index (χ3n) is 8.97. The van der Waals surface area contributed by atoms with Crippen LogP contribution >= 0.6 is 0 Å². The van der Waals surface area contributed by atoms with Gasteiger partial charge in [0.15, 0.2) is 5.82 Å². The van der Waals surface area contributed by atoms with Crippen LogP contribution in [0, 0.1) is 11.6 Å². The quantitative estimate of drug-likeness (QED) is 0.310. The van der Waals surface area contributed by atoms with Crippen LogP contribution in [-0.2, 0) is 22.0 Å². The van der Waals surface area contributed by atoms with Gasteiger partial charge >= 0.3 is 0 Å². The van der Waals surface area contributed by atoms with Crippen molar-refractivity contribution < 1.29 is 22.0 Å². The number of sulfonamides is 1. The molecule has 2 fully saturated rings. The summed E-state index contributed by atoms with van der Waals surface area (Å²) in [6, 6.07) is 8.29. The van der Waals surface area contributed by atoms with Crippen LogP contribution in [0.15, 0.2) is 41.3 Å². The minimum atomic E-state index is -4.26. The number of nitrogens with one attached hydrogen (secondary N) is 4. The van der Waals surface area contributed by atoms with Crippen molar-refractivity contribution >= 4 is 33.1 Å². The molecule has 0 bridgehead atoms. The van der Waals surface area contributed by atoms with Gasteiger partial charge in [0.2, 0.25) is 10.0 Å². The number of hydrogen-bond donors (Lipinski definition) is 4. The normalized spacial score (nSPS) is 19.7. The molecule has 2 aromatic carbocycles. The summed E-state index contributed by atoms with van der Waals surface area (Å²) in [5, 5.41) is 17.3. The van der Waals surface area contributed by atoms with E-state index in [2.05, 4.69) is 43.0 Å². The van der Waals surface area contributed by atoms with Gasteiger partial charge in [0.05, 0.1) is 10.5 Å². The van der Waals surface area contributed by atoms with Crippen LogP contribution in [0.4, 0.5) is 26.0 Å². The highest BCUT2D eigenvalue weighted by Crippen LogP contribution is 2.38. The average Bonchev–Trinajstić information content (AvgIpc) is 3.41. The molecule has 3 aromatic rings. The van der Waals surface area contributed by atoms with E-state index in [4.69, 9.17) is 0 Å². The van der Waals surface area contributed by atoms with Gasteiger partial charge in [-0.3, -0.25) is 9.89 Å². The van der Waals surface area contributed by atoms with Crippen molar-refractivity contribution in [1.82, 2.24) is 24.7 Å². The first-order chi connectivity index (χ1) is 21.4. The Morgan fingerprint density at radius 3 is 2.40 bits per heavy atom. The third-order valence-corrected chi connectivity index (χ3v) is 10.7. The molecule has 3 aliphatic rings. The lowest BCUT2D eigenvalue weighted by molar-refractivity contribution is 0.102. The minimum absolute atomic E-state index is 0.0497. The first-order valence-corrected chi connectivity index (χ1v) is 16.7. The Kier molecular flexibility index (Phi) is 8.59. The highest BCUT2D eigenvalue weighted by Gasteiger charge is 2.41. The number of rotatable bonds is 7. The summed E-state index contributed by atoms with van der Waals surface area (Å²) in [5.74, 6) is -2.12. The van der Waals surface area contributed by atoms with E-state index in [9.17, 15) is 22.0 Å². The molecule has 1 aromatic heterocycles. The highest BCUT2D eigenvalue weighted by atomic mass is 32.2. The average molecular weight is 643 g/mol. The Bertz CT molecular complexity index is 1660. The zero-order valence-electron chi connectivity index (χ0n) is 25.8. The zero-order valence-corrected chi connectivity index (χ0v) is 26.6. The van der Waals surface area contributed by atoms with Crippen molar-refractivity contribution in [3.63, 3.8) is 0 Å².